The number of aromatic nitrogens is 3. The first-order valence-corrected chi connectivity index (χ1v) is 19.0. The average molecular weight is 756 g/mol. The highest BCUT2D eigenvalue weighted by Gasteiger charge is 2.40. The fourth-order valence-electron chi connectivity index (χ4n) is 6.94. The summed E-state index contributed by atoms with van der Waals surface area (Å²) in [5, 5.41) is 36.2. The van der Waals surface area contributed by atoms with Gasteiger partial charge < -0.3 is 47.4 Å². The molecule has 0 radical (unpaired) electrons. The minimum Gasteiger partial charge on any atom is -0.393 e. The van der Waals surface area contributed by atoms with Gasteiger partial charge in [-0.3, -0.25) is 19.1 Å². The maximum Gasteiger partial charge on any atom is 0.271 e. The second-order valence-corrected chi connectivity index (χ2v) is 14.5. The molecule has 0 unspecified atom stereocenters. The molecule has 55 heavy (non-hydrogen) atoms. The molecule has 0 spiro atoms. The first kappa shape index (κ1) is 39.2. The monoisotopic (exact) mass is 755 g/mol. The van der Waals surface area contributed by atoms with Gasteiger partial charge in [0.25, 0.3) is 17.7 Å². The number of nitrogens with zero attached hydrogens (tertiary/aromatic N) is 6. The molecular weight excluding hydrogens is 703 g/mol. The van der Waals surface area contributed by atoms with Crippen LogP contribution in [-0.2, 0) is 22.0 Å². The highest BCUT2D eigenvalue weighted by Crippen LogP contribution is 2.44. The van der Waals surface area contributed by atoms with Gasteiger partial charge >= 0.3 is 0 Å². The molecular formula is C39H53N11O5. The maximum atomic E-state index is 13.1. The highest BCUT2D eigenvalue weighted by molar-refractivity contribution is 5.96. The summed E-state index contributed by atoms with van der Waals surface area (Å²) in [4.78, 5) is 47.3. The Morgan fingerprint density at radius 2 is 1.65 bits per heavy atom. The number of hydrogen-bond acceptors (Lipinski definition) is 12. The first-order chi connectivity index (χ1) is 26.3. The number of fused-ring (bicyclic) bond motifs is 3. The topological polar surface area (TPSA) is 220 Å². The Morgan fingerprint density at radius 1 is 0.964 bits per heavy atom. The predicted octanol–water partition coefficient (Wildman–Crippen LogP) is 2.24. The molecule has 1 saturated heterocycles. The van der Waals surface area contributed by atoms with E-state index in [4.69, 9.17) is 16.6 Å². The number of carbonyl (C=O) groups excluding carboxylic acids is 3. The quantitative estimate of drug-likeness (QED) is 0.0852. The third-order valence-electron chi connectivity index (χ3n) is 10.2. The van der Waals surface area contributed by atoms with Crippen LogP contribution in [-0.4, -0.2) is 92.8 Å². The Balaban J connectivity index is 0.00000253. The minimum absolute atomic E-state index is 0.00717. The predicted molar refractivity (Wildman–Crippen MR) is 208 cm³/mol. The molecule has 7 rings (SSSR count). The zero-order valence-corrected chi connectivity index (χ0v) is 32.2. The van der Waals surface area contributed by atoms with E-state index in [-0.39, 0.29) is 58.4 Å². The molecule has 2 aliphatic heterocycles. The number of para-hydroxylation sites is 1. The fourth-order valence-corrected chi connectivity index (χ4v) is 6.94. The maximum absolute atomic E-state index is 13.1. The number of carbonyl (C=O) groups is 3. The lowest BCUT2D eigenvalue weighted by molar-refractivity contribution is -0.282. The van der Waals surface area contributed by atoms with Crippen molar-refractivity contribution in [1.29, 1.82) is 0 Å². The Bertz CT molecular complexity index is 1990. The summed E-state index contributed by atoms with van der Waals surface area (Å²) in [5.74, 6) is -3.20. The molecule has 3 aromatic rings. The molecule has 4 aliphatic rings. The van der Waals surface area contributed by atoms with Crippen molar-refractivity contribution in [2.75, 3.05) is 44.4 Å². The first-order valence-electron chi connectivity index (χ1n) is 19.0. The number of anilines is 2. The van der Waals surface area contributed by atoms with Gasteiger partial charge in [-0.25, -0.2) is 9.88 Å². The SMILES string of the molecule is CC.CN(C)C(=O)c1cccc(C(O)(O)N2CCC(n3ncc4c3CN(C)c3c(NC(/C=C(\N)NC(=O)C5CC5)=C(/N)C(=O)NC5CC5)cccc3-4)CC2)n1. The number of amides is 3. The largest absolute Gasteiger partial charge is 0.393 e. The normalized spacial score (nSPS) is 17.9. The summed E-state index contributed by atoms with van der Waals surface area (Å²) in [6.07, 6.45) is 8.01. The van der Waals surface area contributed by atoms with E-state index in [0.717, 1.165) is 48.2 Å². The number of likely N-dealkylation sites (tertiary alicyclic amines) is 1. The van der Waals surface area contributed by atoms with Crippen LogP contribution in [0.3, 0.4) is 0 Å². The lowest BCUT2D eigenvalue weighted by Crippen LogP contribution is -2.50. The number of rotatable bonds is 11. The van der Waals surface area contributed by atoms with E-state index in [1.807, 2.05) is 50.0 Å². The van der Waals surface area contributed by atoms with Gasteiger partial charge in [0.05, 0.1) is 41.5 Å². The molecule has 16 heteroatoms. The van der Waals surface area contributed by atoms with Crippen LogP contribution in [0.5, 0.6) is 0 Å². The number of aliphatic hydroxyl groups is 2. The Kier molecular flexibility index (Phi) is 11.5. The summed E-state index contributed by atoms with van der Waals surface area (Å²) in [5.41, 5.74) is 17.5. The van der Waals surface area contributed by atoms with E-state index < -0.39 is 11.8 Å². The van der Waals surface area contributed by atoms with Crippen molar-refractivity contribution < 1.29 is 24.6 Å². The van der Waals surface area contributed by atoms with E-state index in [2.05, 4.69) is 25.8 Å². The van der Waals surface area contributed by atoms with E-state index in [9.17, 15) is 24.6 Å². The molecule has 1 aromatic carbocycles. The summed E-state index contributed by atoms with van der Waals surface area (Å²) in [6.45, 7) is 5.26. The second kappa shape index (κ2) is 16.1. The van der Waals surface area contributed by atoms with Gasteiger partial charge in [-0.1, -0.05) is 32.0 Å². The molecule has 16 nitrogen and oxygen atoms in total. The van der Waals surface area contributed by atoms with Crippen molar-refractivity contribution in [1.82, 2.24) is 35.2 Å². The lowest BCUT2D eigenvalue weighted by atomic mass is 9.96. The van der Waals surface area contributed by atoms with Gasteiger partial charge in [0.1, 0.15) is 22.9 Å². The van der Waals surface area contributed by atoms with Crippen molar-refractivity contribution in [2.45, 2.75) is 76.9 Å². The van der Waals surface area contributed by atoms with Gasteiger partial charge in [0.15, 0.2) is 0 Å². The van der Waals surface area contributed by atoms with Gasteiger partial charge in [0.2, 0.25) is 5.91 Å². The minimum atomic E-state index is -2.35. The number of piperidine rings is 1. The van der Waals surface area contributed by atoms with Crippen LogP contribution < -0.4 is 32.3 Å². The average Bonchev–Trinajstić information content (AvgIpc) is 4.13. The smallest absolute Gasteiger partial charge is 0.271 e. The van der Waals surface area contributed by atoms with Crippen LogP contribution in [0, 0.1) is 5.92 Å². The lowest BCUT2D eigenvalue weighted by Gasteiger charge is -2.40. The summed E-state index contributed by atoms with van der Waals surface area (Å²) in [6, 6.07) is 10.6. The third kappa shape index (κ3) is 8.45. The number of allylic oxidation sites excluding steroid dienone is 1. The highest BCUT2D eigenvalue weighted by atomic mass is 16.5. The standard InChI is InChI=1S/C37H47N11O5.C2H6/c1-45(2)36(51)27-8-5-9-30(43-27)37(52,53)47-16-14-23(15-17-47)48-29-20-46(3)33-24(25(29)19-40-48)6-4-7-26(33)42-28(32(39)35(50)41-22-12-13-22)18-31(38)44-34(49)21-10-11-21;1-2/h4-9,18-19,21-23,42,52-53H,10-17,20,38-39H2,1-3H3,(H,41,50)(H,44,49);1-2H3/b31-18+,32-28+;. The molecule has 2 saturated carbocycles. The zero-order valence-electron chi connectivity index (χ0n) is 32.2. The van der Waals surface area contributed by atoms with Crippen LogP contribution >= 0.6 is 0 Å². The van der Waals surface area contributed by atoms with E-state index >= 15 is 0 Å². The molecule has 0 atom stereocenters. The van der Waals surface area contributed by atoms with Crippen molar-refractivity contribution >= 4 is 29.1 Å². The molecule has 3 fully saturated rings. The number of nitrogens with two attached hydrogens (primary N) is 2. The summed E-state index contributed by atoms with van der Waals surface area (Å²) >= 11 is 0. The van der Waals surface area contributed by atoms with E-state index in [1.165, 1.54) is 17.0 Å². The summed E-state index contributed by atoms with van der Waals surface area (Å²) < 4.78 is 2.04. The molecule has 9 N–H and O–H groups in total. The van der Waals surface area contributed by atoms with E-state index in [1.54, 1.807) is 31.1 Å². The second-order valence-electron chi connectivity index (χ2n) is 14.5. The Hall–Kier alpha value is -5.45. The summed E-state index contributed by atoms with van der Waals surface area (Å²) in [7, 11) is 5.21. The van der Waals surface area contributed by atoms with Crippen molar-refractivity contribution in [3.8, 4) is 11.1 Å². The van der Waals surface area contributed by atoms with Gasteiger partial charge in [-0.05, 0) is 56.7 Å². The van der Waals surface area contributed by atoms with Gasteiger partial charge in [-0.15, -0.1) is 0 Å². The molecule has 294 valence electrons. The molecule has 4 heterocycles. The molecule has 2 aromatic heterocycles. The van der Waals surface area contributed by atoms with Crippen molar-refractivity contribution in [2.24, 2.45) is 17.4 Å². The van der Waals surface area contributed by atoms with Crippen LogP contribution in [0.2, 0.25) is 0 Å². The van der Waals surface area contributed by atoms with Crippen LogP contribution in [0.15, 0.2) is 65.9 Å². The number of benzene rings is 1. The molecule has 2 aliphatic carbocycles. The van der Waals surface area contributed by atoms with Crippen LogP contribution in [0.4, 0.5) is 11.4 Å². The van der Waals surface area contributed by atoms with E-state index in [0.29, 0.717) is 38.2 Å². The zero-order chi connectivity index (χ0) is 39.6. The fraction of sp³-hybridized carbons (Fsp3) is 0.462. The molecule has 3 amide bonds. The van der Waals surface area contributed by atoms with Gasteiger partial charge in [0, 0.05) is 63.4 Å². The van der Waals surface area contributed by atoms with Gasteiger partial charge in [-0.2, -0.15) is 5.10 Å². The number of hydrogen-bond donors (Lipinski definition) is 7. The number of pyridine rings is 1. The van der Waals surface area contributed by atoms with Crippen LogP contribution in [0.25, 0.3) is 11.1 Å². The Morgan fingerprint density at radius 3 is 2.31 bits per heavy atom. The van der Waals surface area contributed by atoms with Crippen molar-refractivity contribution in [3.05, 3.63) is 83.0 Å². The van der Waals surface area contributed by atoms with Crippen molar-refractivity contribution in [3.63, 3.8) is 0 Å². The number of nitrogens with one attached hydrogen (secondary N) is 3. The van der Waals surface area contributed by atoms with Crippen LogP contribution in [0.1, 0.15) is 80.3 Å². The Labute approximate surface area is 321 Å². The third-order valence-corrected chi connectivity index (χ3v) is 10.2. The molecule has 0 bridgehead atoms.